The maximum atomic E-state index is 2.59. The molecule has 0 saturated carbocycles. The zero-order valence-corrected chi connectivity index (χ0v) is 34.0. The van der Waals surface area contributed by atoms with Crippen molar-refractivity contribution in [3.05, 3.63) is 201 Å². The summed E-state index contributed by atoms with van der Waals surface area (Å²) in [5.74, 6) is 0. The summed E-state index contributed by atoms with van der Waals surface area (Å²) in [6.45, 7) is 18.7. The summed E-state index contributed by atoms with van der Waals surface area (Å²) in [5, 5.41) is 2.81. The lowest BCUT2D eigenvalue weighted by Crippen LogP contribution is -2.36. The Morgan fingerprint density at radius 3 is 1.56 bits per heavy atom. The van der Waals surface area contributed by atoms with Gasteiger partial charge in [0.2, 0.25) is 0 Å². The SMILES string of the molecule is Cc1ccc(-c2cc3c(cc2C(C)(C)C)-c2cc(C(C)(C)C)c(-c4ccc(C)cc4)c(=C(Cc4ccccc4)Cc4ccccc4)c2=C3C2=CC=CC2)cc1. The van der Waals surface area contributed by atoms with Gasteiger partial charge in [0.05, 0.1) is 0 Å². The summed E-state index contributed by atoms with van der Waals surface area (Å²) in [6.07, 6.45) is 9.63. The van der Waals surface area contributed by atoms with E-state index in [0.717, 1.165) is 19.3 Å². The van der Waals surface area contributed by atoms with Crippen molar-refractivity contribution in [2.24, 2.45) is 0 Å². The lowest BCUT2D eigenvalue weighted by Gasteiger charge is -2.27. The molecule has 0 heterocycles. The molecule has 0 unspecified atom stereocenters. The van der Waals surface area contributed by atoms with E-state index >= 15 is 0 Å². The quantitative estimate of drug-likeness (QED) is 0.154. The molecule has 0 aromatic heterocycles. The van der Waals surface area contributed by atoms with Gasteiger partial charge in [-0.05, 0) is 145 Å². The van der Waals surface area contributed by atoms with Crippen molar-refractivity contribution in [3.8, 4) is 33.4 Å². The smallest absolute Gasteiger partial charge is 0.00173 e. The Labute approximate surface area is 329 Å². The molecule has 2 aliphatic rings. The minimum absolute atomic E-state index is 0.0538. The third-order valence-electron chi connectivity index (χ3n) is 11.6. The number of fused-ring (bicyclic) bond motifs is 3. The second-order valence-electron chi connectivity index (χ2n) is 17.9. The van der Waals surface area contributed by atoms with E-state index in [9.17, 15) is 0 Å². The molecule has 0 aliphatic heterocycles. The van der Waals surface area contributed by atoms with Crippen molar-refractivity contribution in [1.82, 2.24) is 0 Å². The second kappa shape index (κ2) is 14.3. The van der Waals surface area contributed by atoms with Gasteiger partial charge in [-0.3, -0.25) is 0 Å². The Morgan fingerprint density at radius 1 is 0.527 bits per heavy atom. The van der Waals surface area contributed by atoms with Crippen molar-refractivity contribution in [2.45, 2.75) is 85.5 Å². The van der Waals surface area contributed by atoms with Gasteiger partial charge in [0.1, 0.15) is 0 Å². The normalized spacial score (nSPS) is 13.5. The molecule has 8 rings (SSSR count). The van der Waals surface area contributed by atoms with E-state index in [2.05, 4.69) is 201 Å². The van der Waals surface area contributed by atoms with E-state index in [0.29, 0.717) is 0 Å². The third-order valence-corrected chi connectivity index (χ3v) is 11.6. The van der Waals surface area contributed by atoms with E-state index in [1.165, 1.54) is 99.5 Å². The Kier molecular flexibility index (Phi) is 9.50. The summed E-state index contributed by atoms with van der Waals surface area (Å²) in [7, 11) is 0. The first-order valence-electron chi connectivity index (χ1n) is 20.1. The van der Waals surface area contributed by atoms with Crippen molar-refractivity contribution in [1.29, 1.82) is 0 Å². The van der Waals surface area contributed by atoms with Gasteiger partial charge in [0.15, 0.2) is 0 Å². The van der Waals surface area contributed by atoms with Gasteiger partial charge in [-0.25, -0.2) is 0 Å². The average Bonchev–Trinajstić information content (AvgIpc) is 3.80. The van der Waals surface area contributed by atoms with Gasteiger partial charge in [0, 0.05) is 0 Å². The summed E-state index contributed by atoms with van der Waals surface area (Å²) in [6, 6.07) is 48.4. The first kappa shape index (κ1) is 36.5. The van der Waals surface area contributed by atoms with E-state index in [1.807, 2.05) is 0 Å². The van der Waals surface area contributed by atoms with Crippen LogP contribution in [0.3, 0.4) is 0 Å². The fourth-order valence-electron chi connectivity index (χ4n) is 8.77. The molecule has 0 nitrogen and oxygen atoms in total. The van der Waals surface area contributed by atoms with E-state index in [4.69, 9.17) is 0 Å². The van der Waals surface area contributed by atoms with Gasteiger partial charge in [0.25, 0.3) is 0 Å². The summed E-state index contributed by atoms with van der Waals surface area (Å²) in [4.78, 5) is 0. The standard InChI is InChI=1S/C55H54/c1-36-23-27-40(28-24-36)44-33-46-45(34-48(44)54(3,4)5)47-35-49(55(6,7)8)51(42-29-25-37(2)26-30-42)52(53(47)50(46)41-21-15-16-22-41)43(31-38-17-11-9-12-18-38)32-39-19-13-10-14-20-39/h9-21,23-30,33-35H,22,31-32H2,1-8H3. The van der Waals surface area contributed by atoms with Crippen LogP contribution < -0.4 is 10.4 Å². The number of aryl methyl sites for hydroxylation is 2. The minimum atomic E-state index is -0.111. The molecule has 2 aliphatic carbocycles. The molecule has 0 atom stereocenters. The molecule has 6 aromatic carbocycles. The zero-order valence-electron chi connectivity index (χ0n) is 34.0. The molecule has 0 heteroatoms. The first-order chi connectivity index (χ1) is 26.4. The highest BCUT2D eigenvalue weighted by molar-refractivity contribution is 6.00. The minimum Gasteiger partial charge on any atom is -0.0801 e. The Balaban J connectivity index is 1.62. The van der Waals surface area contributed by atoms with Crippen LogP contribution in [0.5, 0.6) is 0 Å². The largest absolute Gasteiger partial charge is 0.0801 e. The molecule has 274 valence electrons. The van der Waals surface area contributed by atoms with Crippen LogP contribution in [0.15, 0.2) is 151 Å². The van der Waals surface area contributed by atoms with Crippen LogP contribution in [-0.4, -0.2) is 0 Å². The highest BCUT2D eigenvalue weighted by Gasteiger charge is 2.32. The van der Waals surface area contributed by atoms with Crippen molar-refractivity contribution < 1.29 is 0 Å². The van der Waals surface area contributed by atoms with Gasteiger partial charge in [-0.15, -0.1) is 0 Å². The highest BCUT2D eigenvalue weighted by Crippen LogP contribution is 2.46. The highest BCUT2D eigenvalue weighted by atomic mass is 14.4. The number of hydrogen-bond donors (Lipinski definition) is 0. The van der Waals surface area contributed by atoms with Crippen LogP contribution in [0, 0.1) is 13.8 Å². The monoisotopic (exact) mass is 714 g/mol. The Hall–Kier alpha value is -5.46. The fraction of sp³-hybridized carbons (Fsp3) is 0.236. The zero-order chi connectivity index (χ0) is 38.5. The van der Waals surface area contributed by atoms with Gasteiger partial charge < -0.3 is 0 Å². The van der Waals surface area contributed by atoms with E-state index < -0.39 is 0 Å². The molecule has 55 heavy (non-hydrogen) atoms. The molecule has 0 amide bonds. The summed E-state index contributed by atoms with van der Waals surface area (Å²) in [5.41, 5.74) is 21.5. The number of rotatable bonds is 7. The molecule has 0 saturated heterocycles. The molecule has 0 radical (unpaired) electrons. The van der Waals surface area contributed by atoms with Crippen molar-refractivity contribution in [2.75, 3.05) is 0 Å². The Morgan fingerprint density at radius 2 is 1.05 bits per heavy atom. The maximum Gasteiger partial charge on any atom is -0.00173 e. The molecule has 0 bridgehead atoms. The topological polar surface area (TPSA) is 0 Å². The van der Waals surface area contributed by atoms with Crippen LogP contribution in [-0.2, 0) is 23.7 Å². The molecule has 0 N–H and O–H groups in total. The summed E-state index contributed by atoms with van der Waals surface area (Å²) >= 11 is 0. The molecule has 0 spiro atoms. The second-order valence-corrected chi connectivity index (χ2v) is 17.9. The van der Waals surface area contributed by atoms with Gasteiger partial charge in [-0.1, -0.05) is 186 Å². The Bertz CT molecular complexity index is 2530. The molecular formula is C55H54. The predicted molar refractivity (Wildman–Crippen MR) is 237 cm³/mol. The average molecular weight is 715 g/mol. The molecule has 6 aromatic rings. The van der Waals surface area contributed by atoms with Crippen LogP contribution >= 0.6 is 0 Å². The molecule has 0 fully saturated rings. The third kappa shape index (κ3) is 7.12. The number of benzene rings is 6. The number of hydrogen-bond acceptors (Lipinski definition) is 0. The van der Waals surface area contributed by atoms with Crippen molar-refractivity contribution >= 4 is 11.1 Å². The van der Waals surface area contributed by atoms with Gasteiger partial charge >= 0.3 is 0 Å². The van der Waals surface area contributed by atoms with E-state index in [-0.39, 0.29) is 10.8 Å². The van der Waals surface area contributed by atoms with Crippen LogP contribution in [0.25, 0.3) is 44.5 Å². The van der Waals surface area contributed by atoms with E-state index in [1.54, 1.807) is 0 Å². The lowest BCUT2D eigenvalue weighted by atomic mass is 9.77. The molecular weight excluding hydrogens is 661 g/mol. The predicted octanol–water partition coefficient (Wildman–Crippen LogP) is 12.9. The van der Waals surface area contributed by atoms with Gasteiger partial charge in [-0.2, -0.15) is 0 Å². The lowest BCUT2D eigenvalue weighted by molar-refractivity contribution is 0.590. The summed E-state index contributed by atoms with van der Waals surface area (Å²) < 4.78 is 0. The van der Waals surface area contributed by atoms with Crippen LogP contribution in [0.4, 0.5) is 0 Å². The maximum absolute atomic E-state index is 2.59. The fourth-order valence-corrected chi connectivity index (χ4v) is 8.77. The first-order valence-corrected chi connectivity index (χ1v) is 20.1. The number of allylic oxidation sites excluding steroid dienone is 4. The van der Waals surface area contributed by atoms with Crippen molar-refractivity contribution in [3.63, 3.8) is 0 Å². The van der Waals surface area contributed by atoms with Crippen LogP contribution in [0.1, 0.15) is 86.9 Å². The van der Waals surface area contributed by atoms with Crippen LogP contribution in [0.2, 0.25) is 0 Å².